The standard InChI is InChI=1S/3C5H8O2.Tm/c3*1-4(6)3-5(2)7;/h3*3,6H,1-2H3;. The molecule has 0 fully saturated rings. The number of hydrogen-bond acceptors (Lipinski definition) is 6. The average Bonchev–Trinajstić information content (AvgIpc) is 2.10. The molecule has 0 aliphatic heterocycles. The van der Waals surface area contributed by atoms with E-state index in [1.165, 1.54) is 59.8 Å². The maximum Gasteiger partial charge on any atom is 0.155 e. The van der Waals surface area contributed by atoms with Gasteiger partial charge in [-0.2, -0.15) is 0 Å². The van der Waals surface area contributed by atoms with Gasteiger partial charge in [-0.3, -0.25) is 14.4 Å². The minimum absolute atomic E-state index is 0. The van der Waals surface area contributed by atoms with Crippen LogP contribution < -0.4 is 0 Å². The zero-order valence-electron chi connectivity index (χ0n) is 13.6. The predicted molar refractivity (Wildman–Crippen MR) is 81.2 cm³/mol. The van der Waals surface area contributed by atoms with E-state index >= 15 is 0 Å². The Balaban J connectivity index is -0.000000108. The topological polar surface area (TPSA) is 112 Å². The predicted octanol–water partition coefficient (Wildman–Crippen LogP) is 3.11. The van der Waals surface area contributed by atoms with Crippen LogP contribution in [0.3, 0.4) is 0 Å². The van der Waals surface area contributed by atoms with Crippen molar-refractivity contribution in [3.63, 3.8) is 0 Å². The molecule has 7 heteroatoms. The third-order valence-corrected chi connectivity index (χ3v) is 1.24. The fraction of sp³-hybridized carbons (Fsp3) is 0.400. The summed E-state index contributed by atoms with van der Waals surface area (Å²) in [5.74, 6) is -0.187. The van der Waals surface area contributed by atoms with Crippen molar-refractivity contribution in [2.24, 2.45) is 0 Å². The second kappa shape index (κ2) is 17.9. The van der Waals surface area contributed by atoms with E-state index in [1.54, 1.807) is 0 Å². The first-order chi connectivity index (χ1) is 9.38. The Morgan fingerprint density at radius 2 is 0.682 bits per heavy atom. The first-order valence-electron chi connectivity index (χ1n) is 6.02. The fourth-order valence-corrected chi connectivity index (χ4v) is 0.882. The van der Waals surface area contributed by atoms with Gasteiger partial charge >= 0.3 is 0 Å². The van der Waals surface area contributed by atoms with E-state index in [1.807, 2.05) is 0 Å². The summed E-state index contributed by atoms with van der Waals surface area (Å²) in [7, 11) is 0. The molecule has 0 amide bonds. The number of carbonyl (C=O) groups is 3. The largest absolute Gasteiger partial charge is 0.512 e. The van der Waals surface area contributed by atoms with Crippen molar-refractivity contribution in [3.05, 3.63) is 35.5 Å². The molecule has 0 atom stereocenters. The molecule has 0 saturated carbocycles. The molecule has 6 nitrogen and oxygen atoms in total. The van der Waals surface area contributed by atoms with Crippen molar-refractivity contribution in [2.45, 2.75) is 41.5 Å². The number of carbonyl (C=O) groups excluding carboxylic acids is 3. The SMILES string of the molecule is CC(=O)C=C(C)O.CC(=O)C=C(C)O.CC(=O)C=C(C)O.[Tm]. The van der Waals surface area contributed by atoms with Crippen molar-refractivity contribution in [2.75, 3.05) is 0 Å². The molecule has 0 heterocycles. The zero-order valence-corrected chi connectivity index (χ0v) is 15.4. The maximum absolute atomic E-state index is 10.0. The summed E-state index contributed by atoms with van der Waals surface area (Å²) in [5.41, 5.74) is 0. The van der Waals surface area contributed by atoms with Gasteiger partial charge in [0.05, 0.1) is 17.3 Å². The maximum atomic E-state index is 10.0. The Kier molecular flexibility index (Phi) is 23.6. The summed E-state index contributed by atoms with van der Waals surface area (Å²) in [4.78, 5) is 30.1. The van der Waals surface area contributed by atoms with Gasteiger partial charge < -0.3 is 15.3 Å². The zero-order chi connectivity index (χ0) is 17.6. The Morgan fingerprint density at radius 3 is 0.682 bits per heavy atom. The first-order valence-corrected chi connectivity index (χ1v) is 6.02. The number of aliphatic hydroxyl groups excluding tert-OH is 3. The monoisotopic (exact) mass is 469 g/mol. The summed E-state index contributed by atoms with van der Waals surface area (Å²) in [6.07, 6.45) is 3.50. The Labute approximate surface area is 160 Å². The van der Waals surface area contributed by atoms with Crippen LogP contribution in [0.25, 0.3) is 0 Å². The van der Waals surface area contributed by atoms with Gasteiger partial charge in [-0.15, -0.1) is 0 Å². The van der Waals surface area contributed by atoms with Gasteiger partial charge in [0.2, 0.25) is 0 Å². The quantitative estimate of drug-likeness (QED) is 0.433. The molecule has 1 radical (unpaired) electrons. The summed E-state index contributed by atoms with van der Waals surface area (Å²) >= 11 is 0. The van der Waals surface area contributed by atoms with E-state index in [2.05, 4.69) is 0 Å². The van der Waals surface area contributed by atoms with E-state index in [4.69, 9.17) is 15.3 Å². The van der Waals surface area contributed by atoms with Gasteiger partial charge in [-0.25, -0.2) is 0 Å². The molecule has 0 aromatic carbocycles. The fourth-order valence-electron chi connectivity index (χ4n) is 0.882. The van der Waals surface area contributed by atoms with Crippen molar-refractivity contribution >= 4 is 17.3 Å². The van der Waals surface area contributed by atoms with Crippen molar-refractivity contribution in [1.82, 2.24) is 0 Å². The van der Waals surface area contributed by atoms with Crippen LogP contribution in [0.2, 0.25) is 0 Å². The van der Waals surface area contributed by atoms with Crippen molar-refractivity contribution in [1.29, 1.82) is 0 Å². The number of hydrogen-bond donors (Lipinski definition) is 3. The number of rotatable bonds is 3. The minimum atomic E-state index is -0.125. The second-order valence-corrected chi connectivity index (χ2v) is 4.19. The van der Waals surface area contributed by atoms with E-state index in [0.717, 1.165) is 0 Å². The van der Waals surface area contributed by atoms with Crippen LogP contribution in [0.15, 0.2) is 35.5 Å². The van der Waals surface area contributed by atoms with Crippen LogP contribution in [0.1, 0.15) is 41.5 Å². The molecular formula is C15H24O6Tm. The summed E-state index contributed by atoms with van der Waals surface area (Å²) in [6.45, 7) is 8.54. The molecule has 133 valence electrons. The van der Waals surface area contributed by atoms with Crippen LogP contribution in [-0.2, 0) is 14.4 Å². The Hall–Kier alpha value is -1.14. The molecule has 0 bridgehead atoms. The molecule has 0 aromatic rings. The summed E-state index contributed by atoms with van der Waals surface area (Å²) < 4.78 is 0. The van der Waals surface area contributed by atoms with E-state index in [0.29, 0.717) is 0 Å². The molecule has 0 aliphatic rings. The smallest absolute Gasteiger partial charge is 0.155 e. The van der Waals surface area contributed by atoms with Crippen LogP contribution in [-0.4, -0.2) is 32.7 Å². The van der Waals surface area contributed by atoms with Gasteiger partial charge in [0, 0.05) is 55.1 Å². The Morgan fingerprint density at radius 1 is 0.545 bits per heavy atom. The minimum Gasteiger partial charge on any atom is -0.512 e. The molecule has 22 heavy (non-hydrogen) atoms. The van der Waals surface area contributed by atoms with Crippen LogP contribution in [0.4, 0.5) is 0 Å². The summed E-state index contributed by atoms with van der Waals surface area (Å²) in [5, 5.41) is 25.1. The molecular weight excluding hydrogens is 445 g/mol. The van der Waals surface area contributed by atoms with Crippen molar-refractivity contribution in [3.8, 4) is 0 Å². The number of allylic oxidation sites excluding steroid dienone is 6. The van der Waals surface area contributed by atoms with E-state index in [-0.39, 0.29) is 71.5 Å². The number of aliphatic hydroxyl groups is 3. The van der Waals surface area contributed by atoms with Gasteiger partial charge in [-0.05, 0) is 41.5 Å². The third kappa shape index (κ3) is 51.0. The number of ketones is 3. The van der Waals surface area contributed by atoms with Gasteiger partial charge in [0.25, 0.3) is 0 Å². The van der Waals surface area contributed by atoms with Crippen LogP contribution in [0, 0.1) is 36.9 Å². The average molecular weight is 469 g/mol. The van der Waals surface area contributed by atoms with Gasteiger partial charge in [-0.1, -0.05) is 0 Å². The van der Waals surface area contributed by atoms with Gasteiger partial charge in [0.1, 0.15) is 0 Å². The van der Waals surface area contributed by atoms with E-state index < -0.39 is 0 Å². The van der Waals surface area contributed by atoms with Crippen LogP contribution >= 0.6 is 0 Å². The molecule has 0 unspecified atom stereocenters. The molecule has 0 rings (SSSR count). The third-order valence-electron chi connectivity index (χ3n) is 1.24. The van der Waals surface area contributed by atoms with Crippen LogP contribution in [0.5, 0.6) is 0 Å². The molecule has 0 aromatic heterocycles. The molecule has 0 saturated heterocycles. The Bertz CT molecular complexity index is 368. The molecule has 0 spiro atoms. The molecule has 0 aliphatic carbocycles. The second-order valence-electron chi connectivity index (χ2n) is 4.19. The van der Waals surface area contributed by atoms with E-state index in [9.17, 15) is 14.4 Å². The van der Waals surface area contributed by atoms with Crippen molar-refractivity contribution < 1.29 is 66.6 Å². The van der Waals surface area contributed by atoms with Gasteiger partial charge in [0.15, 0.2) is 17.3 Å². The normalized spacial score (nSPS) is 10.9. The first kappa shape index (κ1) is 28.9. The summed E-state index contributed by atoms with van der Waals surface area (Å²) in [6, 6.07) is 0. The molecule has 3 N–H and O–H groups in total.